The molecule has 0 saturated heterocycles. The summed E-state index contributed by atoms with van der Waals surface area (Å²) in [6, 6.07) is 23.5. The third-order valence-corrected chi connectivity index (χ3v) is 5.83. The van der Waals surface area contributed by atoms with Gasteiger partial charge in [0, 0.05) is 18.1 Å². The van der Waals surface area contributed by atoms with E-state index < -0.39 is 0 Å². The Balaban J connectivity index is 1.47. The number of amides is 1. The summed E-state index contributed by atoms with van der Waals surface area (Å²) in [6.07, 6.45) is 1.37. The fourth-order valence-electron chi connectivity index (χ4n) is 3.66. The molecule has 0 spiro atoms. The normalized spacial score (nSPS) is 12.0. The van der Waals surface area contributed by atoms with Gasteiger partial charge in [-0.15, -0.1) is 0 Å². The van der Waals surface area contributed by atoms with Crippen LogP contribution in [0.1, 0.15) is 46.0 Å². The highest BCUT2D eigenvalue weighted by Gasteiger charge is 2.18. The summed E-state index contributed by atoms with van der Waals surface area (Å²) < 4.78 is 19.0. The number of hydrogen-bond acceptors (Lipinski definition) is 4. The van der Waals surface area contributed by atoms with Crippen LogP contribution in [0, 0.1) is 5.82 Å². The molecule has 5 nitrogen and oxygen atoms in total. The molecule has 7 heteroatoms. The van der Waals surface area contributed by atoms with Gasteiger partial charge in [-0.05, 0) is 41.8 Å². The highest BCUT2D eigenvalue weighted by atomic mass is 35.5. The Hall–Kier alpha value is -3.48. The van der Waals surface area contributed by atoms with Crippen molar-refractivity contribution >= 4 is 17.5 Å². The van der Waals surface area contributed by atoms with Crippen LogP contribution in [0.3, 0.4) is 0 Å². The van der Waals surface area contributed by atoms with Crippen LogP contribution in [0.25, 0.3) is 0 Å². The van der Waals surface area contributed by atoms with Gasteiger partial charge in [0.15, 0.2) is 5.69 Å². The molecule has 1 N–H and O–H groups in total. The highest BCUT2D eigenvalue weighted by molar-refractivity contribution is 6.31. The Morgan fingerprint density at radius 2 is 1.71 bits per heavy atom. The number of nitrogens with one attached hydrogen (secondary N) is 1. The number of carbonyl (C=O) groups is 1. The van der Waals surface area contributed by atoms with Crippen molar-refractivity contribution in [3.8, 4) is 0 Å². The zero-order chi connectivity index (χ0) is 23.9. The van der Waals surface area contributed by atoms with Gasteiger partial charge < -0.3 is 9.73 Å². The molecule has 0 unspecified atom stereocenters. The van der Waals surface area contributed by atoms with Crippen molar-refractivity contribution in [2.75, 3.05) is 0 Å². The number of halogens is 2. The van der Waals surface area contributed by atoms with Crippen LogP contribution < -0.4 is 5.32 Å². The molecule has 0 aliphatic heterocycles. The largest absolute Gasteiger partial charge is 0.447 e. The van der Waals surface area contributed by atoms with E-state index in [-0.39, 0.29) is 23.5 Å². The zero-order valence-corrected chi connectivity index (χ0v) is 19.5. The second kappa shape index (κ2) is 11.1. The van der Waals surface area contributed by atoms with Gasteiger partial charge in [-0.25, -0.2) is 9.37 Å². The van der Waals surface area contributed by atoms with Crippen molar-refractivity contribution in [3.05, 3.63) is 124 Å². The Morgan fingerprint density at radius 1 is 1.00 bits per heavy atom. The molecule has 0 fully saturated rings. The van der Waals surface area contributed by atoms with Crippen molar-refractivity contribution in [2.24, 2.45) is 0 Å². The fourth-order valence-corrected chi connectivity index (χ4v) is 3.85. The Morgan fingerprint density at radius 3 is 2.44 bits per heavy atom. The van der Waals surface area contributed by atoms with Crippen LogP contribution in [0.15, 0.2) is 89.5 Å². The standard InChI is InChI=1S/C27H25ClFN3O2/c1-19(21-7-3-2-4-8-21)30-27(33)25-18-34-26(31-25)17-32(15-20-11-13-23(29)14-12-20)16-22-9-5-6-10-24(22)28/h2-14,18-19H,15-17H2,1H3,(H,30,33)/t19-/m0/s1. The molecule has 1 aromatic heterocycles. The second-order valence-electron chi connectivity index (χ2n) is 8.10. The smallest absolute Gasteiger partial charge is 0.273 e. The zero-order valence-electron chi connectivity index (χ0n) is 18.7. The maximum absolute atomic E-state index is 13.4. The lowest BCUT2D eigenvalue weighted by molar-refractivity contribution is 0.0934. The Kier molecular flexibility index (Phi) is 7.72. The summed E-state index contributed by atoms with van der Waals surface area (Å²) in [5.41, 5.74) is 3.11. The maximum Gasteiger partial charge on any atom is 0.273 e. The Labute approximate surface area is 203 Å². The lowest BCUT2D eigenvalue weighted by Crippen LogP contribution is -2.27. The summed E-state index contributed by atoms with van der Waals surface area (Å²) in [4.78, 5) is 19.2. The Bertz CT molecular complexity index is 1230. The molecular formula is C27H25ClFN3O2. The van der Waals surface area contributed by atoms with Gasteiger partial charge in [0.25, 0.3) is 5.91 Å². The molecule has 0 radical (unpaired) electrons. The molecule has 174 valence electrons. The molecular weight excluding hydrogens is 453 g/mol. The molecule has 4 rings (SSSR count). The molecule has 0 aliphatic rings. The first kappa shape index (κ1) is 23.7. The average molecular weight is 478 g/mol. The first-order chi connectivity index (χ1) is 16.5. The van der Waals surface area contributed by atoms with E-state index in [1.54, 1.807) is 12.1 Å². The van der Waals surface area contributed by atoms with Crippen molar-refractivity contribution in [1.82, 2.24) is 15.2 Å². The van der Waals surface area contributed by atoms with Gasteiger partial charge in [0.05, 0.1) is 12.6 Å². The lowest BCUT2D eigenvalue weighted by Gasteiger charge is -2.21. The van der Waals surface area contributed by atoms with E-state index >= 15 is 0 Å². The number of aromatic nitrogens is 1. The molecule has 0 saturated carbocycles. The quantitative estimate of drug-likeness (QED) is 0.313. The van der Waals surface area contributed by atoms with Crippen LogP contribution in [-0.4, -0.2) is 15.8 Å². The van der Waals surface area contributed by atoms with Crippen molar-refractivity contribution < 1.29 is 13.6 Å². The number of benzene rings is 3. The van der Waals surface area contributed by atoms with Crippen LogP contribution in [0.2, 0.25) is 5.02 Å². The number of oxazole rings is 1. The van der Waals surface area contributed by atoms with Gasteiger partial charge in [0.1, 0.15) is 12.1 Å². The fraction of sp³-hybridized carbons (Fsp3) is 0.185. The third-order valence-electron chi connectivity index (χ3n) is 5.46. The molecule has 3 aromatic carbocycles. The minimum atomic E-state index is -0.303. The number of hydrogen-bond donors (Lipinski definition) is 1. The molecule has 0 bridgehead atoms. The summed E-state index contributed by atoms with van der Waals surface area (Å²) in [5, 5.41) is 3.60. The SMILES string of the molecule is C[C@H](NC(=O)c1coc(CN(Cc2ccc(F)cc2)Cc2ccccc2Cl)n1)c1ccccc1. The third kappa shape index (κ3) is 6.31. The average Bonchev–Trinajstić information content (AvgIpc) is 3.31. The maximum atomic E-state index is 13.4. The van der Waals surface area contributed by atoms with Crippen molar-refractivity contribution in [1.29, 1.82) is 0 Å². The number of carbonyl (C=O) groups excluding carboxylic acids is 1. The molecule has 4 aromatic rings. The van der Waals surface area contributed by atoms with Crippen LogP contribution >= 0.6 is 11.6 Å². The minimum Gasteiger partial charge on any atom is -0.447 e. The molecule has 1 atom stereocenters. The van der Waals surface area contributed by atoms with E-state index in [4.69, 9.17) is 16.0 Å². The summed E-state index contributed by atoms with van der Waals surface area (Å²) >= 11 is 6.37. The van der Waals surface area contributed by atoms with E-state index in [2.05, 4.69) is 15.2 Å². The predicted molar refractivity (Wildman–Crippen MR) is 130 cm³/mol. The highest BCUT2D eigenvalue weighted by Crippen LogP contribution is 2.20. The van der Waals surface area contributed by atoms with Gasteiger partial charge >= 0.3 is 0 Å². The van der Waals surface area contributed by atoms with E-state index in [0.29, 0.717) is 30.5 Å². The van der Waals surface area contributed by atoms with Crippen LogP contribution in [-0.2, 0) is 19.6 Å². The minimum absolute atomic E-state index is 0.163. The van der Waals surface area contributed by atoms with E-state index in [1.807, 2.05) is 61.5 Å². The number of nitrogens with zero attached hydrogens (tertiary/aromatic N) is 2. The lowest BCUT2D eigenvalue weighted by atomic mass is 10.1. The molecule has 1 amide bonds. The molecule has 34 heavy (non-hydrogen) atoms. The van der Waals surface area contributed by atoms with Crippen LogP contribution in [0.5, 0.6) is 0 Å². The first-order valence-corrected chi connectivity index (χ1v) is 11.4. The van der Waals surface area contributed by atoms with Gasteiger partial charge in [-0.2, -0.15) is 0 Å². The van der Waals surface area contributed by atoms with E-state index in [9.17, 15) is 9.18 Å². The van der Waals surface area contributed by atoms with E-state index in [1.165, 1.54) is 18.4 Å². The summed E-state index contributed by atoms with van der Waals surface area (Å²) in [6.45, 7) is 3.33. The van der Waals surface area contributed by atoms with Gasteiger partial charge in [-0.1, -0.05) is 72.3 Å². The first-order valence-electron chi connectivity index (χ1n) is 11.0. The second-order valence-corrected chi connectivity index (χ2v) is 8.50. The van der Waals surface area contributed by atoms with Crippen molar-refractivity contribution in [2.45, 2.75) is 32.6 Å². The van der Waals surface area contributed by atoms with Crippen molar-refractivity contribution in [3.63, 3.8) is 0 Å². The monoisotopic (exact) mass is 477 g/mol. The molecule has 1 heterocycles. The van der Waals surface area contributed by atoms with Crippen LogP contribution in [0.4, 0.5) is 4.39 Å². The summed E-state index contributed by atoms with van der Waals surface area (Å²) in [7, 11) is 0. The van der Waals surface area contributed by atoms with E-state index in [0.717, 1.165) is 16.7 Å². The van der Waals surface area contributed by atoms with Gasteiger partial charge in [-0.3, -0.25) is 9.69 Å². The molecule has 0 aliphatic carbocycles. The van der Waals surface area contributed by atoms with Gasteiger partial charge in [0.2, 0.25) is 5.89 Å². The summed E-state index contributed by atoms with van der Waals surface area (Å²) in [5.74, 6) is -0.177. The topological polar surface area (TPSA) is 58.4 Å². The number of rotatable bonds is 9. The predicted octanol–water partition coefficient (Wildman–Crippen LogP) is 6.16.